The van der Waals surface area contributed by atoms with Crippen LogP contribution in [0.3, 0.4) is 0 Å². The summed E-state index contributed by atoms with van der Waals surface area (Å²) < 4.78 is 30.3. The first-order chi connectivity index (χ1) is 24.7. The number of aliphatic imine (C=N–C) groups is 1. The number of carbonyl (C=O) groups is 3. The van der Waals surface area contributed by atoms with Crippen molar-refractivity contribution in [3.05, 3.63) is 58.0 Å². The van der Waals surface area contributed by atoms with Gasteiger partial charge in [-0.05, 0) is 93.2 Å². The molecule has 2 saturated heterocycles. The van der Waals surface area contributed by atoms with Crippen molar-refractivity contribution >= 4 is 23.8 Å². The molecule has 5 rings (SSSR count). The van der Waals surface area contributed by atoms with Crippen LogP contribution in [0.4, 0.5) is 0 Å². The van der Waals surface area contributed by atoms with Crippen molar-refractivity contribution in [1.82, 2.24) is 4.98 Å². The molecule has 52 heavy (non-hydrogen) atoms. The molecule has 2 fully saturated rings. The largest absolute Gasteiger partial charge is 0.467 e. The number of carbonyl (C=O) groups excluding carboxylic acids is 3. The van der Waals surface area contributed by atoms with Gasteiger partial charge in [0, 0.05) is 18.7 Å². The summed E-state index contributed by atoms with van der Waals surface area (Å²) in [6.07, 6.45) is 4.02. The van der Waals surface area contributed by atoms with E-state index in [4.69, 9.17) is 28.7 Å². The van der Waals surface area contributed by atoms with Crippen LogP contribution in [0.15, 0.2) is 51.6 Å². The van der Waals surface area contributed by atoms with Crippen LogP contribution in [0.5, 0.6) is 0 Å². The maximum absolute atomic E-state index is 13.7. The van der Waals surface area contributed by atoms with Gasteiger partial charge in [0.15, 0.2) is 18.3 Å². The molecule has 4 bridgehead atoms. The Morgan fingerprint density at radius 2 is 1.83 bits per heavy atom. The minimum atomic E-state index is -1.47. The molecule has 4 aliphatic rings. The van der Waals surface area contributed by atoms with Crippen LogP contribution in [0.1, 0.15) is 92.0 Å². The molecular weight excluding hydrogens is 668 g/mol. The number of ether oxygens (including phenoxy) is 5. The molecule has 0 aromatic carbocycles. The highest BCUT2D eigenvalue weighted by atomic mass is 16.6. The van der Waals surface area contributed by atoms with E-state index in [1.807, 2.05) is 32.1 Å². The quantitative estimate of drug-likeness (QED) is 0.181. The molecule has 1 aromatic rings. The van der Waals surface area contributed by atoms with E-state index >= 15 is 0 Å². The molecule has 0 unspecified atom stereocenters. The third-order valence-electron chi connectivity index (χ3n) is 10.4. The molecule has 0 radical (unpaired) electrons. The van der Waals surface area contributed by atoms with Crippen molar-refractivity contribution in [1.29, 1.82) is 0 Å². The molecule has 0 aliphatic carbocycles. The summed E-state index contributed by atoms with van der Waals surface area (Å²) in [5, 5.41) is 19.7. The van der Waals surface area contributed by atoms with Crippen molar-refractivity contribution in [2.24, 2.45) is 28.2 Å². The molecule has 4 aliphatic heterocycles. The maximum Gasteiger partial charge on any atom is 0.318 e. The van der Waals surface area contributed by atoms with E-state index in [-0.39, 0.29) is 31.7 Å². The molecule has 1 aromatic heterocycles. The average molecular weight is 725 g/mol. The maximum atomic E-state index is 13.7. The zero-order chi connectivity index (χ0) is 37.7. The molecular formula is C40H56N2O10. The first-order valence-electron chi connectivity index (χ1n) is 18.6. The van der Waals surface area contributed by atoms with Crippen LogP contribution in [0, 0.1) is 23.2 Å². The van der Waals surface area contributed by atoms with Crippen LogP contribution in [0.2, 0.25) is 0 Å². The summed E-state index contributed by atoms with van der Waals surface area (Å²) in [7, 11) is 0. The van der Waals surface area contributed by atoms with Gasteiger partial charge in [0.25, 0.3) is 0 Å². The highest BCUT2D eigenvalue weighted by Crippen LogP contribution is 2.40. The molecule has 286 valence electrons. The summed E-state index contributed by atoms with van der Waals surface area (Å²) >= 11 is 0. The first kappa shape index (κ1) is 39.5. The van der Waals surface area contributed by atoms with Crippen LogP contribution in [-0.2, 0) is 44.5 Å². The van der Waals surface area contributed by atoms with E-state index in [0.717, 1.165) is 35.3 Å². The number of H-pyrrole nitrogens is 1. The molecule has 12 heteroatoms. The predicted octanol–water partition coefficient (Wildman–Crippen LogP) is 4.92. The Morgan fingerprint density at radius 3 is 2.52 bits per heavy atom. The number of nitrogens with one attached hydrogen (secondary N) is 1. The number of nitrogens with zero attached hydrogens (tertiary/aromatic N) is 1. The Balaban J connectivity index is 1.53. The minimum absolute atomic E-state index is 0.0667. The second-order valence-corrected chi connectivity index (χ2v) is 15.7. The lowest BCUT2D eigenvalue weighted by Crippen LogP contribution is -2.43. The van der Waals surface area contributed by atoms with Gasteiger partial charge < -0.3 is 38.9 Å². The Bertz CT molecular complexity index is 1600. The lowest BCUT2D eigenvalue weighted by atomic mass is 9.83. The molecule has 3 N–H and O–H groups in total. The first-order valence-corrected chi connectivity index (χ1v) is 18.6. The number of rotatable bonds is 9. The summed E-state index contributed by atoms with van der Waals surface area (Å²) in [6.45, 7) is 13.5. The third-order valence-corrected chi connectivity index (χ3v) is 10.4. The van der Waals surface area contributed by atoms with Gasteiger partial charge in [-0.25, -0.2) is 4.99 Å². The number of aromatic amines is 1. The Labute approximate surface area is 306 Å². The lowest BCUT2D eigenvalue weighted by Gasteiger charge is -2.28. The second kappa shape index (κ2) is 16.9. The van der Waals surface area contributed by atoms with Gasteiger partial charge in [-0.3, -0.25) is 14.4 Å². The fraction of sp³-hybridized carbons (Fsp3) is 0.650. The second-order valence-electron chi connectivity index (χ2n) is 15.7. The normalized spacial score (nSPS) is 32.8. The highest BCUT2D eigenvalue weighted by molar-refractivity contribution is 5.94. The van der Waals surface area contributed by atoms with Crippen LogP contribution in [-0.4, -0.2) is 95.9 Å². The van der Waals surface area contributed by atoms with Crippen LogP contribution < -0.4 is 0 Å². The van der Waals surface area contributed by atoms with Gasteiger partial charge in [0.2, 0.25) is 5.90 Å². The van der Waals surface area contributed by atoms with E-state index in [2.05, 4.69) is 31.8 Å². The van der Waals surface area contributed by atoms with E-state index in [1.54, 1.807) is 6.92 Å². The zero-order valence-corrected chi connectivity index (χ0v) is 31.6. The summed E-state index contributed by atoms with van der Waals surface area (Å²) in [5.74, 6) is -1.86. The third kappa shape index (κ3) is 8.89. The molecule has 7 atom stereocenters. The smallest absolute Gasteiger partial charge is 0.318 e. The van der Waals surface area contributed by atoms with Crippen molar-refractivity contribution in [2.75, 3.05) is 26.4 Å². The fourth-order valence-corrected chi connectivity index (χ4v) is 7.32. The fourth-order valence-electron chi connectivity index (χ4n) is 7.32. The monoisotopic (exact) mass is 724 g/mol. The summed E-state index contributed by atoms with van der Waals surface area (Å²) in [6, 6.07) is 3.31. The number of hydrogen-bond acceptors (Lipinski definition) is 11. The Kier molecular flexibility index (Phi) is 12.9. The average Bonchev–Trinajstić information content (AvgIpc) is 3.87. The number of esters is 3. The molecule has 0 amide bonds. The van der Waals surface area contributed by atoms with E-state index in [0.29, 0.717) is 49.0 Å². The van der Waals surface area contributed by atoms with Gasteiger partial charge in [0.1, 0.15) is 23.8 Å². The predicted molar refractivity (Wildman–Crippen MR) is 193 cm³/mol. The van der Waals surface area contributed by atoms with E-state index < -0.39 is 60.2 Å². The number of allylic oxidation sites excluding steroid dienone is 2. The SMILES string of the molecule is C/C1=C/Cc2ccc([nH]2)C2=N[C@@H](/C=C3\C(=C(/C)CCCO)CO[C@@H]3CC(C)C)[C@H](COC(=O)[C@@H](CC(C)C)CC(=O)O[C@@H]3[C@H]1OC(=O)[C@@]3(C)CO)O2. The van der Waals surface area contributed by atoms with Crippen LogP contribution in [0.25, 0.3) is 0 Å². The number of aromatic nitrogens is 1. The number of fused-ring (bicyclic) bond motifs is 6. The van der Waals surface area contributed by atoms with Crippen molar-refractivity contribution in [3.8, 4) is 0 Å². The van der Waals surface area contributed by atoms with Gasteiger partial charge in [-0.2, -0.15) is 0 Å². The van der Waals surface area contributed by atoms with E-state index in [9.17, 15) is 24.6 Å². The number of aliphatic hydroxyl groups is 2. The molecule has 5 heterocycles. The number of aliphatic hydroxyl groups excluding tert-OH is 2. The number of cyclic esters (lactones) is 1. The van der Waals surface area contributed by atoms with E-state index in [1.165, 1.54) is 6.92 Å². The van der Waals surface area contributed by atoms with Crippen molar-refractivity contribution < 1.29 is 48.3 Å². The van der Waals surface area contributed by atoms with Gasteiger partial charge in [0.05, 0.1) is 31.7 Å². The molecule has 0 saturated carbocycles. The van der Waals surface area contributed by atoms with Gasteiger partial charge >= 0.3 is 17.9 Å². The number of hydrogen-bond donors (Lipinski definition) is 3. The summed E-state index contributed by atoms with van der Waals surface area (Å²) in [4.78, 5) is 48.6. The highest BCUT2D eigenvalue weighted by Gasteiger charge is 2.57. The topological polar surface area (TPSA) is 166 Å². The molecule has 12 nitrogen and oxygen atoms in total. The van der Waals surface area contributed by atoms with Crippen molar-refractivity contribution in [3.63, 3.8) is 0 Å². The standard InChI is InChI=1S/C40H56N2O10/c1-22(2)15-26-17-34(45)51-36-35(52-39(47)40(36,7)21-44)25(6)10-11-27-12-13-30(41-27)37-42-31(33(50-37)20-49-38(26)46)18-28-29(24(5)9-8-14-43)19-48-32(28)16-23(3)4/h10,12-13,18,22-23,26,31-33,35-36,41,43-44H,8-9,11,14-17,19-21H2,1-7H3/b25-10-,28-18+,29-24+/t26-,31-,32+,33-,35-,36+,40-/m0/s1. The van der Waals surface area contributed by atoms with Gasteiger partial charge in [-0.15, -0.1) is 0 Å². The van der Waals surface area contributed by atoms with Crippen LogP contribution >= 0.6 is 0 Å². The zero-order valence-electron chi connectivity index (χ0n) is 31.6. The lowest BCUT2D eigenvalue weighted by molar-refractivity contribution is -0.164. The summed E-state index contributed by atoms with van der Waals surface area (Å²) in [5.41, 5.74) is 4.02. The minimum Gasteiger partial charge on any atom is -0.467 e. The Hall–Kier alpha value is -3.74. The Morgan fingerprint density at radius 1 is 1.08 bits per heavy atom. The van der Waals surface area contributed by atoms with Gasteiger partial charge in [-0.1, -0.05) is 39.3 Å². The van der Waals surface area contributed by atoms with Crippen molar-refractivity contribution in [2.45, 2.75) is 117 Å². The molecule has 0 spiro atoms.